The molecule has 0 aliphatic rings. The van der Waals surface area contributed by atoms with Crippen LogP contribution in [0.15, 0.2) is 99.6 Å². The van der Waals surface area contributed by atoms with Crippen molar-refractivity contribution in [1.82, 2.24) is 0 Å². The van der Waals surface area contributed by atoms with Crippen LogP contribution < -0.4 is 53.0 Å². The molecular weight excluding hydrogens is 1700 g/mol. The number of benzene rings is 6. The second-order valence-corrected chi connectivity index (χ2v) is 23.2. The molecule has 6 rings (SSSR count). The monoisotopic (exact) mass is 1750 g/mol. The van der Waals surface area contributed by atoms with Gasteiger partial charge in [-0.1, -0.05) is 75.5 Å². The Balaban J connectivity index is -0.000000507. The number of carbonyl (C=O) groups excluding carboxylic acids is 4. The summed E-state index contributed by atoms with van der Waals surface area (Å²) in [5.74, 6) is -6.09. The van der Waals surface area contributed by atoms with Crippen LogP contribution in [0.4, 0.5) is 35.9 Å². The molecule has 0 fully saturated rings. The molecule has 7 N–H and O–H groups in total. The maximum Gasteiger partial charge on any atom is 1.00 e. The van der Waals surface area contributed by atoms with Gasteiger partial charge in [-0.25, -0.2) is 50.3 Å². The fraction of sp³-hybridized carbons (Fsp3) is 0.305. The zero-order valence-corrected chi connectivity index (χ0v) is 63.0. The summed E-state index contributed by atoms with van der Waals surface area (Å²) in [4.78, 5) is 54.7. The quantitative estimate of drug-likeness (QED) is 0.0154. The van der Waals surface area contributed by atoms with Crippen LogP contribution in [0.5, 0.6) is 34.5 Å². The number of alkyl halides is 1. The number of ether oxygens (including phenoxy) is 10. The van der Waals surface area contributed by atoms with Crippen molar-refractivity contribution in [1.29, 1.82) is 0 Å². The van der Waals surface area contributed by atoms with Crippen LogP contribution in [-0.4, -0.2) is 114 Å². The second-order valence-electron chi connectivity index (χ2n) is 17.5. The normalized spacial score (nSPS) is 9.63. The van der Waals surface area contributed by atoms with Gasteiger partial charge in [-0.05, 0) is 132 Å². The van der Waals surface area contributed by atoms with Gasteiger partial charge in [0, 0.05) is 61.7 Å². The molecule has 0 aliphatic heterocycles. The largest absolute Gasteiger partial charge is 1.00 e. The minimum Gasteiger partial charge on any atom is -0.870 e. The Morgan fingerprint density at radius 3 is 1.06 bits per heavy atom. The number of aliphatic hydroxyl groups excluding tert-OH is 1. The van der Waals surface area contributed by atoms with E-state index in [1.807, 2.05) is 27.7 Å². The summed E-state index contributed by atoms with van der Waals surface area (Å²) in [6, 6.07) is 18.1. The molecule has 20 nitrogen and oxygen atoms in total. The molecule has 0 amide bonds. The Morgan fingerprint density at radius 2 is 0.766 bits per heavy atom. The van der Waals surface area contributed by atoms with E-state index in [1.165, 1.54) is 92.2 Å². The third-order valence-electron chi connectivity index (χ3n) is 10.5. The molecule has 518 valence electrons. The number of carbonyl (C=O) groups is 5. The summed E-state index contributed by atoms with van der Waals surface area (Å²) in [6.45, 7) is 7.87. The van der Waals surface area contributed by atoms with Gasteiger partial charge in [-0.2, -0.15) is 0 Å². The molecule has 0 bridgehead atoms. The van der Waals surface area contributed by atoms with Gasteiger partial charge in [-0.15, -0.1) is 11.6 Å². The van der Waals surface area contributed by atoms with Crippen molar-refractivity contribution in [3.05, 3.63) is 168 Å². The maximum atomic E-state index is 13.9. The van der Waals surface area contributed by atoms with Crippen molar-refractivity contribution >= 4 is 148 Å². The molecular formula is C59H64Br6Cl2F6LiNO19. The topological polar surface area (TPSA) is 306 Å². The smallest absolute Gasteiger partial charge is 0.870 e. The van der Waals surface area contributed by atoms with Crippen molar-refractivity contribution in [2.24, 2.45) is 17.6 Å². The van der Waals surface area contributed by atoms with E-state index in [4.69, 9.17) is 62.8 Å². The number of carboxylic acids is 1. The number of aliphatic hydroxyl groups is 1. The summed E-state index contributed by atoms with van der Waals surface area (Å²) >= 11 is 28.9. The number of esters is 2. The Kier molecular flexibility index (Phi) is 51.0. The molecule has 0 unspecified atom stereocenters. The molecule has 0 radical (unpaired) electrons. The molecule has 0 aromatic heterocycles. The van der Waals surface area contributed by atoms with Gasteiger partial charge >= 0.3 is 48.4 Å². The fourth-order valence-corrected chi connectivity index (χ4v) is 9.27. The summed E-state index contributed by atoms with van der Waals surface area (Å²) in [6.07, 6.45) is -1.17. The third-order valence-corrected chi connectivity index (χ3v) is 15.1. The predicted molar refractivity (Wildman–Crippen MR) is 355 cm³/mol. The molecule has 35 heteroatoms. The van der Waals surface area contributed by atoms with E-state index < -0.39 is 75.5 Å². The first kappa shape index (κ1) is 95.3. The first-order valence-electron chi connectivity index (χ1n) is 25.3. The van der Waals surface area contributed by atoms with Gasteiger partial charge < -0.3 is 74.3 Å². The van der Waals surface area contributed by atoms with E-state index >= 15 is 0 Å². The van der Waals surface area contributed by atoms with Crippen molar-refractivity contribution in [3.8, 4) is 34.5 Å². The first-order valence-corrected chi connectivity index (χ1v) is 30.9. The Morgan fingerprint density at radius 1 is 0.479 bits per heavy atom. The van der Waals surface area contributed by atoms with Gasteiger partial charge in [0.2, 0.25) is 0 Å². The van der Waals surface area contributed by atoms with E-state index in [1.54, 1.807) is 30.3 Å². The average molecular weight is 1760 g/mol. The van der Waals surface area contributed by atoms with E-state index in [0.717, 1.165) is 0 Å². The Bertz CT molecular complexity index is 3250. The molecule has 0 heterocycles. The molecule has 0 saturated carbocycles. The van der Waals surface area contributed by atoms with Crippen LogP contribution in [0, 0.1) is 46.7 Å². The van der Waals surface area contributed by atoms with Crippen molar-refractivity contribution < 1.29 is 138 Å². The van der Waals surface area contributed by atoms with Crippen LogP contribution in [0.25, 0.3) is 0 Å². The van der Waals surface area contributed by atoms with E-state index in [2.05, 4.69) is 119 Å². The molecule has 6 aromatic rings. The van der Waals surface area contributed by atoms with Crippen LogP contribution in [-0.2, 0) is 38.0 Å². The van der Waals surface area contributed by atoms with Gasteiger partial charge in [0.05, 0.1) is 75.5 Å². The third kappa shape index (κ3) is 31.4. The Hall–Kier alpha value is -5.05. The van der Waals surface area contributed by atoms with Crippen LogP contribution in [0.2, 0.25) is 0 Å². The van der Waals surface area contributed by atoms with Crippen LogP contribution in [0.3, 0.4) is 0 Å². The number of hydrogen-bond acceptors (Lipinski definition) is 18. The summed E-state index contributed by atoms with van der Waals surface area (Å²) in [5, 5.41) is 17.4. The van der Waals surface area contributed by atoms with E-state index in [9.17, 15) is 50.3 Å². The minimum absolute atomic E-state index is 0. The van der Waals surface area contributed by atoms with Gasteiger partial charge in [-0.3, -0.25) is 0 Å². The molecule has 0 saturated heterocycles. The number of aromatic carboxylic acids is 1. The van der Waals surface area contributed by atoms with Crippen molar-refractivity contribution in [3.63, 3.8) is 0 Å². The summed E-state index contributed by atoms with van der Waals surface area (Å²) in [7, 11) is 9.28. The molecule has 94 heavy (non-hydrogen) atoms. The molecule has 0 aliphatic carbocycles. The SMILES string of the molecule is CC(C)COC(=O)Cl.COC(=O)c1c(Br)ccc(OC)c1F.COc1ccc(Br)c(C(=O)O)c1F.COc1ccc(Br)c(C(=O)OC(=O)OCC(C)C)c1F.COc1ccc(Br)c(CCl)c1F.COc1ccc(Br)c(CN)c1F.COc1ccc(Br)c(CO)c1F.O.[Li+].[OH-]. The molecule has 6 aromatic carbocycles. The summed E-state index contributed by atoms with van der Waals surface area (Å²) < 4.78 is 129. The zero-order valence-electron chi connectivity index (χ0n) is 52.0. The standard InChI is InChI=1S/C13H14BrFO5.C9H8BrFO3.C8H7BrClFO.C8H9BrFNO.C8H6BrFO3.C8H8BrFO2.C5H9ClO2.Li.2H2O/c1-7(2)6-19-13(17)20-12(16)10-8(14)4-5-9(18-3)11(10)15;1-13-6-4-3-5(10)7(8(6)11)9(12)14-2;1-12-7-3-2-6(9)5(4-10)8(7)11;1-12-7-3-2-6(9)5(4-11)8(7)10;1-13-5-3-2-4(9)6(7(5)10)8(11)12;1-12-7-3-2-6(9)5(4-11)8(7)10;1-4(2)3-8-5(6)7;;;/h4-5,7H,6H2,1-3H3;3-4H,1-2H3;2-3H,4H2,1H3;2-3H,4,11H2,1H3;2-3H,1H3,(H,11,12);2-3,11H,4H2,1H3;4H,3H2,1-2H3;;2*1H2/q;;;;;;;+1;;/p-1. The second kappa shape index (κ2) is 50.3. The summed E-state index contributed by atoms with van der Waals surface area (Å²) in [5.41, 5.74) is 4.71. The number of rotatable bonds is 16. The Labute approximate surface area is 610 Å². The van der Waals surface area contributed by atoms with Gasteiger partial charge in [0.1, 0.15) is 16.7 Å². The van der Waals surface area contributed by atoms with Crippen molar-refractivity contribution in [2.75, 3.05) is 63.0 Å². The molecule has 0 atom stereocenters. The number of halogens is 14. The van der Waals surface area contributed by atoms with Crippen LogP contribution >= 0.6 is 119 Å². The molecule has 0 spiro atoms. The van der Waals surface area contributed by atoms with Crippen LogP contribution in [0.1, 0.15) is 75.5 Å². The minimum atomic E-state index is -1.33. The van der Waals surface area contributed by atoms with E-state index in [0.29, 0.717) is 41.5 Å². The maximum absolute atomic E-state index is 13.9. The van der Waals surface area contributed by atoms with Gasteiger partial charge in [0.15, 0.2) is 69.4 Å². The zero-order chi connectivity index (χ0) is 70.0. The average Bonchev–Trinajstić information content (AvgIpc) is 0.868. The predicted octanol–water partition coefficient (Wildman–Crippen LogP) is 13.7. The first-order chi connectivity index (χ1) is 42.8. The fourth-order valence-electron chi connectivity index (χ4n) is 6.02. The number of methoxy groups -OCH3 is 7. The number of carboxylic acid groups (broad SMARTS) is 1. The van der Waals surface area contributed by atoms with Crippen molar-refractivity contribution in [2.45, 2.75) is 46.7 Å². The van der Waals surface area contributed by atoms with E-state index in [-0.39, 0.29) is 116 Å². The number of nitrogens with two attached hydrogens (primary N) is 1. The van der Waals surface area contributed by atoms with Gasteiger partial charge in [0.25, 0.3) is 0 Å². The number of hydrogen-bond donors (Lipinski definition) is 3.